The molecule has 0 N–H and O–H groups in total. The molecule has 30 heavy (non-hydrogen) atoms. The lowest BCUT2D eigenvalue weighted by molar-refractivity contribution is 0.0365. The summed E-state index contributed by atoms with van der Waals surface area (Å²) in [4.78, 5) is 11.5. The molecule has 4 aromatic rings. The molecule has 8 nitrogen and oxygen atoms in total. The maximum Gasteiger partial charge on any atom is 0.258 e. The average molecular weight is 400 g/mol. The smallest absolute Gasteiger partial charge is 0.258 e. The summed E-state index contributed by atoms with van der Waals surface area (Å²) < 4.78 is 13.0. The van der Waals surface area contributed by atoms with Crippen LogP contribution in [0.25, 0.3) is 33.9 Å². The predicted molar refractivity (Wildman–Crippen MR) is 110 cm³/mol. The van der Waals surface area contributed by atoms with Crippen molar-refractivity contribution in [2.24, 2.45) is 0 Å². The van der Waals surface area contributed by atoms with E-state index in [0.717, 1.165) is 61.6 Å². The molecule has 1 aliphatic heterocycles. The fraction of sp³-hybridized carbons (Fsp3) is 0.273. The molecule has 0 spiro atoms. The van der Waals surface area contributed by atoms with Crippen LogP contribution >= 0.6 is 0 Å². The van der Waals surface area contributed by atoms with E-state index in [2.05, 4.69) is 30.7 Å². The predicted octanol–water partition coefficient (Wildman–Crippen LogP) is 2.96. The maximum atomic E-state index is 9.07. The van der Waals surface area contributed by atoms with E-state index in [0.29, 0.717) is 17.3 Å². The first-order valence-corrected chi connectivity index (χ1v) is 9.90. The van der Waals surface area contributed by atoms with E-state index in [-0.39, 0.29) is 0 Å². The fourth-order valence-electron chi connectivity index (χ4n) is 3.63. The van der Waals surface area contributed by atoms with Crippen LogP contribution in [0.4, 0.5) is 0 Å². The molecule has 150 valence electrons. The number of fused-ring (bicyclic) bond motifs is 1. The molecule has 0 unspecified atom stereocenters. The Balaban J connectivity index is 1.35. The number of aromatic nitrogens is 4. The van der Waals surface area contributed by atoms with Gasteiger partial charge in [-0.1, -0.05) is 11.2 Å². The number of nitriles is 1. The van der Waals surface area contributed by atoms with Crippen LogP contribution in [0, 0.1) is 11.3 Å². The molecule has 0 radical (unpaired) electrons. The highest BCUT2D eigenvalue weighted by atomic mass is 16.5. The Bertz CT molecular complexity index is 1220. The summed E-state index contributed by atoms with van der Waals surface area (Å²) in [5.74, 6) is 0.885. The van der Waals surface area contributed by atoms with Crippen LogP contribution < -0.4 is 0 Å². The lowest BCUT2D eigenvalue weighted by atomic mass is 10.1. The van der Waals surface area contributed by atoms with Crippen molar-refractivity contribution in [2.45, 2.75) is 6.54 Å². The molecule has 0 atom stereocenters. The summed E-state index contributed by atoms with van der Waals surface area (Å²) in [5.41, 5.74) is 4.09. The van der Waals surface area contributed by atoms with Gasteiger partial charge in [0.2, 0.25) is 5.82 Å². The zero-order valence-corrected chi connectivity index (χ0v) is 16.4. The van der Waals surface area contributed by atoms with Crippen molar-refractivity contribution in [1.29, 1.82) is 5.26 Å². The second-order valence-corrected chi connectivity index (χ2v) is 7.21. The Morgan fingerprint density at radius 1 is 1.03 bits per heavy atom. The molecule has 2 aromatic carbocycles. The fourth-order valence-corrected chi connectivity index (χ4v) is 3.63. The van der Waals surface area contributed by atoms with Crippen LogP contribution in [0.3, 0.4) is 0 Å². The normalized spacial score (nSPS) is 14.8. The molecule has 0 amide bonds. The monoisotopic (exact) mass is 400 g/mol. The van der Waals surface area contributed by atoms with Gasteiger partial charge >= 0.3 is 0 Å². The Kier molecular flexibility index (Phi) is 4.97. The first kappa shape index (κ1) is 18.5. The van der Waals surface area contributed by atoms with Crippen LogP contribution in [0.15, 0.2) is 53.3 Å². The highest BCUT2D eigenvalue weighted by molar-refractivity contribution is 5.80. The van der Waals surface area contributed by atoms with Gasteiger partial charge in [-0.25, -0.2) is 4.98 Å². The molecule has 1 aliphatic rings. The van der Waals surface area contributed by atoms with Gasteiger partial charge in [0.05, 0.1) is 42.2 Å². The standard InChI is InChI=1S/C22H20N6O2/c23-14-16-2-1-3-18(12-16)22-25-21(26-30-22)17-4-5-20-19(13-17)24-15-28(20)7-6-27-8-10-29-11-9-27/h1-5,12-13,15H,6-11H2. The third kappa shape index (κ3) is 3.68. The maximum absolute atomic E-state index is 9.07. The second kappa shape index (κ2) is 8.06. The summed E-state index contributed by atoms with van der Waals surface area (Å²) in [6, 6.07) is 15.2. The van der Waals surface area contributed by atoms with Crippen LogP contribution in [-0.2, 0) is 11.3 Å². The van der Waals surface area contributed by atoms with Crippen molar-refractivity contribution in [1.82, 2.24) is 24.6 Å². The lowest BCUT2D eigenvalue weighted by Crippen LogP contribution is -2.38. The molecule has 0 bridgehead atoms. The van der Waals surface area contributed by atoms with E-state index in [1.54, 1.807) is 18.2 Å². The topological polar surface area (TPSA) is 93.0 Å². The Hall–Kier alpha value is -3.54. The van der Waals surface area contributed by atoms with Crippen LogP contribution in [0.1, 0.15) is 5.56 Å². The van der Waals surface area contributed by atoms with Crippen molar-refractivity contribution in [3.05, 3.63) is 54.4 Å². The van der Waals surface area contributed by atoms with Crippen LogP contribution in [-0.4, -0.2) is 57.4 Å². The highest BCUT2D eigenvalue weighted by Crippen LogP contribution is 2.25. The molecule has 0 aliphatic carbocycles. The van der Waals surface area contributed by atoms with Gasteiger partial charge < -0.3 is 13.8 Å². The summed E-state index contributed by atoms with van der Waals surface area (Å²) in [7, 11) is 0. The van der Waals surface area contributed by atoms with Gasteiger partial charge in [-0.3, -0.25) is 4.90 Å². The highest BCUT2D eigenvalue weighted by Gasteiger charge is 2.14. The number of hydrogen-bond acceptors (Lipinski definition) is 7. The van der Waals surface area contributed by atoms with Crippen LogP contribution in [0.2, 0.25) is 0 Å². The molecular weight excluding hydrogens is 380 g/mol. The number of nitrogens with zero attached hydrogens (tertiary/aromatic N) is 6. The molecule has 1 fully saturated rings. The number of rotatable bonds is 5. The van der Waals surface area contributed by atoms with Crippen molar-refractivity contribution in [3.63, 3.8) is 0 Å². The summed E-state index contributed by atoms with van der Waals surface area (Å²) in [6.45, 7) is 5.44. The summed E-state index contributed by atoms with van der Waals surface area (Å²) in [5, 5.41) is 13.2. The van der Waals surface area contributed by atoms with Crippen molar-refractivity contribution in [2.75, 3.05) is 32.8 Å². The van der Waals surface area contributed by atoms with Gasteiger partial charge in [0, 0.05) is 37.3 Å². The zero-order valence-electron chi connectivity index (χ0n) is 16.4. The molecule has 1 saturated heterocycles. The van der Waals surface area contributed by atoms with Crippen molar-refractivity contribution in [3.8, 4) is 28.9 Å². The van der Waals surface area contributed by atoms with Crippen LogP contribution in [0.5, 0.6) is 0 Å². The van der Waals surface area contributed by atoms with Gasteiger partial charge in [0.25, 0.3) is 5.89 Å². The number of benzene rings is 2. The zero-order chi connectivity index (χ0) is 20.3. The number of morpholine rings is 1. The van der Waals surface area contributed by atoms with Gasteiger partial charge in [0.1, 0.15) is 0 Å². The van der Waals surface area contributed by atoms with Gasteiger partial charge in [0.15, 0.2) is 0 Å². The Morgan fingerprint density at radius 3 is 2.80 bits per heavy atom. The minimum absolute atomic E-state index is 0.387. The Labute approximate surface area is 173 Å². The second-order valence-electron chi connectivity index (χ2n) is 7.21. The van der Waals surface area contributed by atoms with Gasteiger partial charge in [-0.15, -0.1) is 0 Å². The lowest BCUT2D eigenvalue weighted by Gasteiger charge is -2.26. The molecule has 3 heterocycles. The van der Waals surface area contributed by atoms with E-state index < -0.39 is 0 Å². The SMILES string of the molecule is N#Cc1cccc(-c2nc(-c3ccc4c(c3)ncn4CCN3CCOCC3)no2)c1. The third-order valence-corrected chi connectivity index (χ3v) is 5.30. The number of hydrogen-bond donors (Lipinski definition) is 0. The molecular formula is C22H20N6O2. The van der Waals surface area contributed by atoms with E-state index in [1.165, 1.54) is 0 Å². The van der Waals surface area contributed by atoms with E-state index in [9.17, 15) is 0 Å². The minimum Gasteiger partial charge on any atom is -0.379 e. The first-order chi connectivity index (χ1) is 14.8. The molecule has 8 heteroatoms. The van der Waals surface area contributed by atoms with E-state index in [4.69, 9.17) is 14.5 Å². The number of imidazole rings is 1. The quantitative estimate of drug-likeness (QED) is 0.508. The van der Waals surface area contributed by atoms with Gasteiger partial charge in [-0.05, 0) is 36.4 Å². The van der Waals surface area contributed by atoms with Crippen molar-refractivity contribution < 1.29 is 9.26 Å². The third-order valence-electron chi connectivity index (χ3n) is 5.30. The largest absolute Gasteiger partial charge is 0.379 e. The summed E-state index contributed by atoms with van der Waals surface area (Å²) >= 11 is 0. The van der Waals surface area contributed by atoms with Crippen molar-refractivity contribution >= 4 is 11.0 Å². The molecule has 2 aromatic heterocycles. The van der Waals surface area contributed by atoms with Gasteiger partial charge in [-0.2, -0.15) is 10.2 Å². The van der Waals surface area contributed by atoms with E-state index in [1.807, 2.05) is 30.6 Å². The van der Waals surface area contributed by atoms with E-state index >= 15 is 0 Å². The molecule has 0 saturated carbocycles. The average Bonchev–Trinajstić information content (AvgIpc) is 3.45. The number of ether oxygens (including phenoxy) is 1. The molecule has 5 rings (SSSR count). The minimum atomic E-state index is 0.387. The first-order valence-electron chi connectivity index (χ1n) is 9.90. The summed E-state index contributed by atoms with van der Waals surface area (Å²) in [6.07, 6.45) is 1.88. The Morgan fingerprint density at radius 2 is 1.93 bits per heavy atom.